The second-order valence-corrected chi connectivity index (χ2v) is 5.35. The molecule has 1 amide bonds. The molecule has 5 nitrogen and oxygen atoms in total. The summed E-state index contributed by atoms with van der Waals surface area (Å²) in [5, 5.41) is 3.58. The van der Waals surface area contributed by atoms with Crippen molar-refractivity contribution in [2.75, 3.05) is 11.9 Å². The Kier molecular flexibility index (Phi) is 4.82. The Bertz CT molecular complexity index is 979. The average Bonchev–Trinajstić information content (AvgIpc) is 2.95. The molecule has 5 heteroatoms. The number of aromatic nitrogens is 2. The largest absolute Gasteiger partial charge is 0.481 e. The molecule has 124 valence electrons. The highest BCUT2D eigenvalue weighted by Crippen LogP contribution is 2.21. The van der Waals surface area contributed by atoms with Gasteiger partial charge in [0.2, 0.25) is 5.91 Å². The summed E-state index contributed by atoms with van der Waals surface area (Å²) in [6, 6.07) is 11.4. The van der Waals surface area contributed by atoms with Crippen molar-refractivity contribution in [1.82, 2.24) is 9.55 Å². The van der Waals surface area contributed by atoms with Crippen LogP contribution in [0, 0.1) is 11.8 Å². The molecular formula is C20H17N3O2. The van der Waals surface area contributed by atoms with Gasteiger partial charge in [-0.1, -0.05) is 36.6 Å². The molecular weight excluding hydrogens is 314 g/mol. The van der Waals surface area contributed by atoms with E-state index >= 15 is 0 Å². The number of pyridine rings is 1. The fourth-order valence-corrected chi connectivity index (χ4v) is 2.39. The summed E-state index contributed by atoms with van der Waals surface area (Å²) >= 11 is 0. The zero-order valence-corrected chi connectivity index (χ0v) is 13.8. The van der Waals surface area contributed by atoms with E-state index in [4.69, 9.17) is 4.74 Å². The van der Waals surface area contributed by atoms with Crippen molar-refractivity contribution in [3.8, 4) is 17.6 Å². The van der Waals surface area contributed by atoms with Gasteiger partial charge in [-0.25, -0.2) is 4.98 Å². The Morgan fingerprint density at radius 2 is 2.20 bits per heavy atom. The van der Waals surface area contributed by atoms with E-state index in [0.29, 0.717) is 12.3 Å². The van der Waals surface area contributed by atoms with E-state index in [9.17, 15) is 4.79 Å². The average molecular weight is 331 g/mol. The summed E-state index contributed by atoms with van der Waals surface area (Å²) in [4.78, 5) is 15.8. The molecule has 0 unspecified atom stereocenters. The number of anilines is 1. The Labute approximate surface area is 145 Å². The molecule has 0 saturated heterocycles. The second-order valence-electron chi connectivity index (χ2n) is 5.35. The third-order valence-corrected chi connectivity index (χ3v) is 3.54. The zero-order chi connectivity index (χ0) is 17.6. The van der Waals surface area contributed by atoms with E-state index in [1.165, 1.54) is 6.08 Å². The normalized spacial score (nSPS) is 9.96. The van der Waals surface area contributed by atoms with Crippen molar-refractivity contribution >= 4 is 22.6 Å². The van der Waals surface area contributed by atoms with E-state index in [2.05, 4.69) is 28.7 Å². The molecule has 0 aliphatic carbocycles. The smallest absolute Gasteiger partial charge is 0.247 e. The highest BCUT2D eigenvalue weighted by Gasteiger charge is 2.08. The molecule has 0 atom stereocenters. The molecule has 2 aromatic heterocycles. The molecule has 0 fully saturated rings. The first-order chi connectivity index (χ1) is 12.2. The number of hydrogen-bond donors (Lipinski definition) is 1. The van der Waals surface area contributed by atoms with Crippen LogP contribution in [0.1, 0.15) is 5.56 Å². The van der Waals surface area contributed by atoms with Crippen LogP contribution in [0.4, 0.5) is 5.69 Å². The number of rotatable bonds is 4. The predicted molar refractivity (Wildman–Crippen MR) is 98.4 cm³/mol. The van der Waals surface area contributed by atoms with Crippen molar-refractivity contribution in [2.24, 2.45) is 7.05 Å². The van der Waals surface area contributed by atoms with Crippen LogP contribution >= 0.6 is 0 Å². The minimum atomic E-state index is -0.277. The van der Waals surface area contributed by atoms with Crippen LogP contribution in [-0.2, 0) is 11.8 Å². The molecule has 1 aromatic carbocycles. The minimum absolute atomic E-state index is 0.277. The monoisotopic (exact) mass is 331 g/mol. The van der Waals surface area contributed by atoms with Gasteiger partial charge in [-0.3, -0.25) is 4.79 Å². The van der Waals surface area contributed by atoms with Crippen LogP contribution in [0.25, 0.3) is 11.0 Å². The molecule has 3 aromatic rings. The van der Waals surface area contributed by atoms with Crippen molar-refractivity contribution in [3.05, 3.63) is 67.0 Å². The lowest BCUT2D eigenvalue weighted by Crippen LogP contribution is -2.07. The molecule has 0 aliphatic heterocycles. The van der Waals surface area contributed by atoms with E-state index in [1.807, 2.05) is 54.2 Å². The van der Waals surface area contributed by atoms with Crippen molar-refractivity contribution in [2.45, 2.75) is 0 Å². The van der Waals surface area contributed by atoms with Gasteiger partial charge in [-0.15, -0.1) is 0 Å². The first kappa shape index (κ1) is 16.3. The van der Waals surface area contributed by atoms with Crippen LogP contribution < -0.4 is 10.1 Å². The first-order valence-corrected chi connectivity index (χ1v) is 7.72. The van der Waals surface area contributed by atoms with Crippen molar-refractivity contribution < 1.29 is 9.53 Å². The van der Waals surface area contributed by atoms with Crippen LogP contribution in [0.5, 0.6) is 5.75 Å². The molecule has 2 heterocycles. The van der Waals surface area contributed by atoms with Gasteiger partial charge < -0.3 is 14.6 Å². The number of nitrogens with zero attached hydrogens (tertiary/aromatic N) is 2. The summed E-state index contributed by atoms with van der Waals surface area (Å²) in [6.07, 6.45) is 4.74. The first-order valence-electron chi connectivity index (χ1n) is 7.72. The van der Waals surface area contributed by atoms with Gasteiger partial charge in [0, 0.05) is 18.6 Å². The Morgan fingerprint density at radius 1 is 1.40 bits per heavy atom. The number of benzene rings is 1. The molecule has 0 bridgehead atoms. The summed E-state index contributed by atoms with van der Waals surface area (Å²) in [7, 11) is 1.91. The topological polar surface area (TPSA) is 56.1 Å². The molecule has 0 saturated carbocycles. The number of carbonyl (C=O) groups excluding carboxylic acids is 1. The zero-order valence-electron chi connectivity index (χ0n) is 13.8. The van der Waals surface area contributed by atoms with Gasteiger partial charge in [-0.2, -0.15) is 0 Å². The molecule has 0 aliphatic rings. The standard InChI is InChI=1S/C20H17N3O2/c1-3-19(24)22-16-12-18-15(14-23(2)20(18)21-13-16)8-7-11-25-17-9-5-4-6-10-17/h3-6,9-10,12-14H,1,11H2,2H3,(H,22,24). The van der Waals surface area contributed by atoms with Gasteiger partial charge in [0.25, 0.3) is 0 Å². The highest BCUT2D eigenvalue weighted by atomic mass is 16.5. The number of para-hydroxylation sites is 1. The van der Waals surface area contributed by atoms with Gasteiger partial charge in [0.1, 0.15) is 18.0 Å². The SMILES string of the molecule is C=CC(=O)Nc1cnc2c(c1)c(C#CCOc1ccccc1)cn2C. The molecule has 0 spiro atoms. The predicted octanol–water partition coefficient (Wildman–Crippen LogP) is 3.13. The number of ether oxygens (including phenoxy) is 1. The third-order valence-electron chi connectivity index (χ3n) is 3.54. The molecule has 1 N–H and O–H groups in total. The maximum Gasteiger partial charge on any atom is 0.247 e. The summed E-state index contributed by atoms with van der Waals surface area (Å²) < 4.78 is 7.47. The summed E-state index contributed by atoms with van der Waals surface area (Å²) in [6.45, 7) is 3.74. The van der Waals surface area contributed by atoms with E-state index in [0.717, 1.165) is 22.3 Å². The fraction of sp³-hybridized carbons (Fsp3) is 0.100. The minimum Gasteiger partial charge on any atom is -0.481 e. The second kappa shape index (κ2) is 7.37. The Hall–Kier alpha value is -3.52. The highest BCUT2D eigenvalue weighted by molar-refractivity contribution is 6.00. The lowest BCUT2D eigenvalue weighted by Gasteiger charge is -2.02. The van der Waals surface area contributed by atoms with E-state index in [1.54, 1.807) is 6.20 Å². The van der Waals surface area contributed by atoms with E-state index < -0.39 is 0 Å². The lowest BCUT2D eigenvalue weighted by molar-refractivity contribution is -0.111. The Morgan fingerprint density at radius 3 is 2.96 bits per heavy atom. The maximum absolute atomic E-state index is 11.4. The van der Waals surface area contributed by atoms with Gasteiger partial charge in [0.15, 0.2) is 0 Å². The summed E-state index contributed by atoms with van der Waals surface area (Å²) in [5.74, 6) is 6.62. The van der Waals surface area contributed by atoms with E-state index in [-0.39, 0.29) is 5.91 Å². The third kappa shape index (κ3) is 3.88. The van der Waals surface area contributed by atoms with Crippen LogP contribution in [0.2, 0.25) is 0 Å². The van der Waals surface area contributed by atoms with Gasteiger partial charge >= 0.3 is 0 Å². The van der Waals surface area contributed by atoms with Crippen LogP contribution in [-0.4, -0.2) is 22.1 Å². The number of fused-ring (bicyclic) bond motifs is 1. The molecule has 3 rings (SSSR count). The summed E-state index contributed by atoms with van der Waals surface area (Å²) in [5.41, 5.74) is 2.23. The number of nitrogens with one attached hydrogen (secondary N) is 1. The maximum atomic E-state index is 11.4. The Balaban J connectivity index is 1.81. The lowest BCUT2D eigenvalue weighted by atomic mass is 10.2. The van der Waals surface area contributed by atoms with Crippen molar-refractivity contribution in [3.63, 3.8) is 0 Å². The number of amides is 1. The van der Waals surface area contributed by atoms with Crippen LogP contribution in [0.15, 0.2) is 61.4 Å². The number of carbonyl (C=O) groups is 1. The van der Waals surface area contributed by atoms with Gasteiger partial charge in [0.05, 0.1) is 17.4 Å². The van der Waals surface area contributed by atoms with Crippen LogP contribution in [0.3, 0.4) is 0 Å². The van der Waals surface area contributed by atoms with Crippen molar-refractivity contribution in [1.29, 1.82) is 0 Å². The fourth-order valence-electron chi connectivity index (χ4n) is 2.39. The quantitative estimate of drug-likeness (QED) is 0.590. The number of aryl methyl sites for hydroxylation is 1. The number of hydrogen-bond acceptors (Lipinski definition) is 3. The molecule has 25 heavy (non-hydrogen) atoms. The molecule has 0 radical (unpaired) electrons. The van der Waals surface area contributed by atoms with Gasteiger partial charge in [-0.05, 0) is 24.3 Å².